The molecule has 2 saturated heterocycles. The number of amides is 1. The van der Waals surface area contributed by atoms with Gasteiger partial charge < -0.3 is 60.0 Å². The number of hydrogen-bond donors (Lipinski definition) is 8. The van der Waals surface area contributed by atoms with Crippen LogP contribution < -0.4 is 5.32 Å². The molecule has 0 bridgehead atoms. The Bertz CT molecular complexity index is 874. The van der Waals surface area contributed by atoms with Crippen LogP contribution in [0, 0.1) is 10.8 Å². The third kappa shape index (κ3) is 12.6. The summed E-state index contributed by atoms with van der Waals surface area (Å²) in [5.41, 5.74) is -2.49. The van der Waals surface area contributed by atoms with Crippen molar-refractivity contribution in [2.45, 2.75) is 153 Å². The number of carbonyl (C=O) groups is 3. The van der Waals surface area contributed by atoms with Crippen molar-refractivity contribution in [2.75, 3.05) is 13.2 Å². The third-order valence-electron chi connectivity index (χ3n) is 7.19. The van der Waals surface area contributed by atoms with Crippen LogP contribution >= 0.6 is 0 Å². The predicted molar refractivity (Wildman–Crippen MR) is 168 cm³/mol. The first-order chi connectivity index (χ1) is 17.9. The van der Waals surface area contributed by atoms with Crippen LogP contribution in [0.25, 0.3) is 0 Å². The van der Waals surface area contributed by atoms with Crippen LogP contribution in [-0.4, -0.2) is 128 Å². The molecule has 2 rings (SSSR count). The van der Waals surface area contributed by atoms with E-state index < -0.39 is 103 Å². The van der Waals surface area contributed by atoms with E-state index in [1.807, 2.05) is 0 Å². The Balaban J connectivity index is -0.000000889. The molecule has 8 N–H and O–H groups in total. The molecule has 0 aromatic carbocycles. The van der Waals surface area contributed by atoms with Gasteiger partial charge in [-0.25, -0.2) is 0 Å². The fourth-order valence-corrected chi connectivity index (χ4v) is 4.62. The first kappa shape index (κ1) is 52.6. The monoisotopic (exact) mass is 663 g/mol. The second-order valence-electron chi connectivity index (χ2n) is 11.0. The predicted octanol–water partition coefficient (Wildman–Crippen LogP) is 0.466. The van der Waals surface area contributed by atoms with Gasteiger partial charge in [-0.15, -0.1) is 0 Å². The maximum atomic E-state index is 13.0. The fraction of sp³-hybridized carbons (Fsp3) is 0.900. The second-order valence-corrected chi connectivity index (χ2v) is 11.0. The van der Waals surface area contributed by atoms with Gasteiger partial charge in [-0.2, -0.15) is 0 Å². The minimum Gasteiger partial charge on any atom is -0.462 e. The molecule has 45 heavy (non-hydrogen) atoms. The molecule has 0 aromatic heterocycles. The van der Waals surface area contributed by atoms with Crippen LogP contribution in [0.15, 0.2) is 0 Å². The average molecular weight is 664 g/mol. The lowest BCUT2D eigenvalue weighted by molar-refractivity contribution is -0.288. The van der Waals surface area contributed by atoms with Crippen molar-refractivity contribution in [3.05, 3.63) is 0 Å². The van der Waals surface area contributed by atoms with Gasteiger partial charge in [-0.3, -0.25) is 14.4 Å². The van der Waals surface area contributed by atoms with E-state index in [2.05, 4.69) is 5.32 Å². The molecule has 15 heteroatoms. The van der Waals surface area contributed by atoms with E-state index in [-0.39, 0.29) is 57.4 Å². The van der Waals surface area contributed by atoms with Crippen molar-refractivity contribution in [3.8, 4) is 0 Å². The maximum Gasteiger partial charge on any atom is 0.311 e. The van der Waals surface area contributed by atoms with Crippen LogP contribution in [0.3, 0.4) is 0 Å². The maximum absolute atomic E-state index is 13.0. The lowest BCUT2D eigenvalue weighted by atomic mass is 9.72. The van der Waals surface area contributed by atoms with Crippen LogP contribution in [0.1, 0.15) is 92.0 Å². The summed E-state index contributed by atoms with van der Waals surface area (Å²) in [5, 5.41) is 72.0. The smallest absolute Gasteiger partial charge is 0.311 e. The van der Waals surface area contributed by atoms with E-state index in [0.29, 0.717) is 0 Å². The van der Waals surface area contributed by atoms with Gasteiger partial charge in [0, 0.05) is 6.92 Å². The summed E-state index contributed by atoms with van der Waals surface area (Å²) in [6.07, 6.45) is -14.1. The van der Waals surface area contributed by atoms with Crippen molar-refractivity contribution < 1.29 is 69.1 Å². The Morgan fingerprint density at radius 3 is 1.53 bits per heavy atom. The number of carbonyl (C=O) groups excluding carboxylic acids is 3. The summed E-state index contributed by atoms with van der Waals surface area (Å²) in [6, 6.07) is -1.28. The number of aliphatic hydroxyl groups is 7. The normalized spacial score (nSPS) is 32.0. The van der Waals surface area contributed by atoms with Gasteiger partial charge >= 0.3 is 11.9 Å². The Kier molecular flexibility index (Phi) is 24.6. The molecule has 15 nitrogen and oxygen atoms in total. The van der Waals surface area contributed by atoms with Crippen molar-refractivity contribution in [1.29, 1.82) is 0 Å². The highest BCUT2D eigenvalue weighted by Crippen LogP contribution is 2.39. The molecular formula is C30H65NO14. The van der Waals surface area contributed by atoms with E-state index in [0.717, 1.165) is 6.92 Å². The quantitative estimate of drug-likeness (QED) is 0.148. The second kappa shape index (κ2) is 21.0. The van der Waals surface area contributed by atoms with Gasteiger partial charge in [0.05, 0.1) is 10.8 Å². The summed E-state index contributed by atoms with van der Waals surface area (Å²) in [7, 11) is 0. The molecule has 5 unspecified atom stereocenters. The molecule has 1 amide bonds. The van der Waals surface area contributed by atoms with E-state index in [4.69, 9.17) is 18.9 Å². The molecule has 2 fully saturated rings. The molecule has 2 aliphatic heterocycles. The SMILES string of the molecule is C.C.C.C.C.C.CCC(C)(CC(C)(C)C(=O)OCC1O[C@@H](O)C(NC(C)=O)[C@@H](O)[C@@H]1O)C(=O)OCC1O[C@@H](O)C(O)[C@@H](O)[C@@H]1O. The van der Waals surface area contributed by atoms with E-state index in [1.165, 1.54) is 13.8 Å². The molecule has 0 aromatic rings. The molecule has 2 heterocycles. The topological polar surface area (TPSA) is 242 Å². The summed E-state index contributed by atoms with van der Waals surface area (Å²) >= 11 is 0. The van der Waals surface area contributed by atoms with Gasteiger partial charge in [-0.1, -0.05) is 51.5 Å². The number of nitrogens with one attached hydrogen (secondary N) is 1. The third-order valence-corrected chi connectivity index (χ3v) is 7.19. The van der Waals surface area contributed by atoms with Crippen LogP contribution in [0.4, 0.5) is 0 Å². The number of esters is 2. The van der Waals surface area contributed by atoms with Crippen LogP contribution in [-0.2, 0) is 33.3 Å². The molecule has 2 aliphatic rings. The first-order valence-corrected chi connectivity index (χ1v) is 12.6. The standard InChI is InChI=1S/C24H41NO14.6CH4/c1-6-24(5,22(35)37-8-12-15(28)17(30)18(31)20(33)39-12)9-23(3,4)21(34)36-7-11-14(27)16(29)13(19(32)38-11)25-10(2)26;;;;;;/h11-20,27-33H,6-9H2,1-5H3,(H,25,26);6*1H4/t11?,12?,13?,14-,15-,16-,17+,18?,19-,20-,24?;;;;;;/m1....../s1. The van der Waals surface area contributed by atoms with Gasteiger partial charge in [0.1, 0.15) is 62.0 Å². The van der Waals surface area contributed by atoms with Crippen molar-refractivity contribution in [1.82, 2.24) is 5.32 Å². The zero-order chi connectivity index (χ0) is 29.9. The molecule has 0 spiro atoms. The molecule has 274 valence electrons. The fourth-order valence-electron chi connectivity index (χ4n) is 4.62. The van der Waals surface area contributed by atoms with Gasteiger partial charge in [-0.05, 0) is 33.6 Å². The number of ether oxygens (including phenoxy) is 4. The van der Waals surface area contributed by atoms with Crippen molar-refractivity contribution in [3.63, 3.8) is 0 Å². The van der Waals surface area contributed by atoms with E-state index >= 15 is 0 Å². The molecule has 11 atom stereocenters. The van der Waals surface area contributed by atoms with Crippen LogP contribution in [0.5, 0.6) is 0 Å². The Labute approximate surface area is 269 Å². The highest BCUT2D eigenvalue weighted by molar-refractivity contribution is 5.80. The van der Waals surface area contributed by atoms with Crippen LogP contribution in [0.2, 0.25) is 0 Å². The molecule has 0 radical (unpaired) electrons. The zero-order valence-electron chi connectivity index (χ0n) is 22.6. The van der Waals surface area contributed by atoms with Gasteiger partial charge in [0.25, 0.3) is 0 Å². The van der Waals surface area contributed by atoms with Gasteiger partial charge in [0.15, 0.2) is 12.6 Å². The highest BCUT2D eigenvalue weighted by Gasteiger charge is 2.48. The zero-order valence-corrected chi connectivity index (χ0v) is 22.6. The number of aliphatic hydroxyl groups excluding tert-OH is 7. The lowest BCUT2D eigenvalue weighted by Gasteiger charge is -2.41. The average Bonchev–Trinajstić information content (AvgIpc) is 2.86. The van der Waals surface area contributed by atoms with E-state index in [9.17, 15) is 50.1 Å². The molecule has 0 aliphatic carbocycles. The number of rotatable bonds is 10. The minimum atomic E-state index is -1.79. The van der Waals surface area contributed by atoms with Gasteiger partial charge in [0.2, 0.25) is 5.91 Å². The Morgan fingerprint density at radius 2 is 1.09 bits per heavy atom. The number of hydrogen-bond acceptors (Lipinski definition) is 14. The molecular weight excluding hydrogens is 598 g/mol. The summed E-state index contributed by atoms with van der Waals surface area (Å²) in [4.78, 5) is 37.2. The lowest BCUT2D eigenvalue weighted by Crippen LogP contribution is -2.64. The summed E-state index contributed by atoms with van der Waals surface area (Å²) in [5.74, 6) is -2.09. The highest BCUT2D eigenvalue weighted by atomic mass is 16.7. The first-order valence-electron chi connectivity index (χ1n) is 12.6. The van der Waals surface area contributed by atoms with Crippen molar-refractivity contribution >= 4 is 17.8 Å². The molecule has 0 saturated carbocycles. The van der Waals surface area contributed by atoms with E-state index in [1.54, 1.807) is 13.8 Å². The van der Waals surface area contributed by atoms with Crippen molar-refractivity contribution in [2.24, 2.45) is 10.8 Å². The Hall–Kier alpha value is -1.95. The largest absolute Gasteiger partial charge is 0.462 e. The Morgan fingerprint density at radius 1 is 0.667 bits per heavy atom. The summed E-state index contributed by atoms with van der Waals surface area (Å²) < 4.78 is 20.8. The summed E-state index contributed by atoms with van der Waals surface area (Å²) in [6.45, 7) is 6.38. The minimum absolute atomic E-state index is 0.